The maximum absolute atomic E-state index is 5.88. The number of rotatable bonds is 9. The largest absolute Gasteiger partial charge is 0.491 e. The Balaban J connectivity index is 1.28. The van der Waals surface area contributed by atoms with Crippen LogP contribution < -0.4 is 4.74 Å². The Labute approximate surface area is 202 Å². The van der Waals surface area contributed by atoms with Crippen LogP contribution in [0.4, 0.5) is 0 Å². The van der Waals surface area contributed by atoms with Gasteiger partial charge in [-0.25, -0.2) is 9.50 Å². The van der Waals surface area contributed by atoms with Crippen LogP contribution in [0.3, 0.4) is 0 Å². The quantitative estimate of drug-likeness (QED) is 0.320. The molecular weight excluding hydrogens is 420 g/mol. The van der Waals surface area contributed by atoms with Crippen molar-refractivity contribution in [2.75, 3.05) is 19.6 Å². The minimum absolute atomic E-state index is 0.139. The van der Waals surface area contributed by atoms with Gasteiger partial charge in [-0.05, 0) is 94.6 Å². The highest BCUT2D eigenvalue weighted by Gasteiger charge is 2.12. The SMILES string of the molecule is CC(C)Oc1cccc(-c2cccc3nc(Cc4ccc(CCCN5CCCC5)cc4)nn23)c1. The smallest absolute Gasteiger partial charge is 0.156 e. The summed E-state index contributed by atoms with van der Waals surface area (Å²) in [6.45, 7) is 7.87. The average Bonchev–Trinajstić information content (AvgIpc) is 3.49. The lowest BCUT2D eigenvalue weighted by atomic mass is 10.1. The fourth-order valence-corrected chi connectivity index (χ4v) is 4.76. The maximum Gasteiger partial charge on any atom is 0.156 e. The summed E-state index contributed by atoms with van der Waals surface area (Å²) in [6.07, 6.45) is 5.98. The Morgan fingerprint density at radius 1 is 0.912 bits per heavy atom. The number of fused-ring (bicyclic) bond motifs is 1. The predicted octanol–water partition coefficient (Wildman–Crippen LogP) is 5.80. The highest BCUT2D eigenvalue weighted by molar-refractivity contribution is 5.64. The third-order valence-electron chi connectivity index (χ3n) is 6.43. The molecule has 1 aliphatic heterocycles. The lowest BCUT2D eigenvalue weighted by molar-refractivity contribution is 0.242. The molecule has 5 heteroatoms. The first-order chi connectivity index (χ1) is 16.6. The van der Waals surface area contributed by atoms with Crippen molar-refractivity contribution in [3.63, 3.8) is 0 Å². The normalized spacial score (nSPS) is 14.3. The van der Waals surface area contributed by atoms with Gasteiger partial charge in [-0.1, -0.05) is 42.5 Å². The molecule has 3 heterocycles. The number of aromatic nitrogens is 3. The molecule has 1 saturated heterocycles. The van der Waals surface area contributed by atoms with Crippen LogP contribution in [0.2, 0.25) is 0 Å². The topological polar surface area (TPSA) is 42.7 Å². The Bertz CT molecular complexity index is 1220. The van der Waals surface area contributed by atoms with Crippen molar-refractivity contribution in [1.29, 1.82) is 0 Å². The van der Waals surface area contributed by atoms with Gasteiger partial charge in [0.1, 0.15) is 5.75 Å². The van der Waals surface area contributed by atoms with Crippen LogP contribution in [0.25, 0.3) is 16.9 Å². The summed E-state index contributed by atoms with van der Waals surface area (Å²) in [5, 5.41) is 4.85. The highest BCUT2D eigenvalue weighted by atomic mass is 16.5. The number of nitrogens with zero attached hydrogens (tertiary/aromatic N) is 4. The first kappa shape index (κ1) is 22.6. The molecule has 4 aromatic rings. The lowest BCUT2D eigenvalue weighted by Crippen LogP contribution is -2.20. The van der Waals surface area contributed by atoms with Crippen LogP contribution >= 0.6 is 0 Å². The summed E-state index contributed by atoms with van der Waals surface area (Å²) in [5.41, 5.74) is 5.60. The molecule has 1 fully saturated rings. The minimum atomic E-state index is 0.139. The molecule has 0 atom stereocenters. The number of ether oxygens (including phenoxy) is 1. The van der Waals surface area contributed by atoms with Gasteiger partial charge in [-0.15, -0.1) is 0 Å². The van der Waals surface area contributed by atoms with Gasteiger partial charge >= 0.3 is 0 Å². The molecule has 34 heavy (non-hydrogen) atoms. The zero-order chi connectivity index (χ0) is 23.3. The molecule has 0 N–H and O–H groups in total. The molecule has 2 aromatic carbocycles. The number of aryl methyl sites for hydroxylation is 1. The second-order valence-corrected chi connectivity index (χ2v) is 9.55. The van der Waals surface area contributed by atoms with E-state index in [1.807, 2.05) is 42.6 Å². The molecule has 1 aliphatic rings. The Morgan fingerprint density at radius 3 is 2.47 bits per heavy atom. The van der Waals surface area contributed by atoms with Crippen molar-refractivity contribution in [3.05, 3.63) is 83.7 Å². The van der Waals surface area contributed by atoms with Crippen LogP contribution in [0, 0.1) is 0 Å². The summed E-state index contributed by atoms with van der Waals surface area (Å²) < 4.78 is 7.83. The molecule has 0 unspecified atom stereocenters. The number of hydrogen-bond acceptors (Lipinski definition) is 4. The van der Waals surface area contributed by atoms with E-state index in [-0.39, 0.29) is 6.10 Å². The number of benzene rings is 2. The summed E-state index contributed by atoms with van der Waals surface area (Å²) in [4.78, 5) is 7.38. The fraction of sp³-hybridized carbons (Fsp3) is 0.379. The van der Waals surface area contributed by atoms with Crippen molar-refractivity contribution in [3.8, 4) is 17.0 Å². The Hall–Kier alpha value is -3.18. The predicted molar refractivity (Wildman–Crippen MR) is 137 cm³/mol. The molecule has 2 aromatic heterocycles. The van der Waals surface area contributed by atoms with Gasteiger partial charge < -0.3 is 9.64 Å². The molecule has 5 nitrogen and oxygen atoms in total. The van der Waals surface area contributed by atoms with Gasteiger partial charge in [0.15, 0.2) is 11.5 Å². The van der Waals surface area contributed by atoms with Crippen molar-refractivity contribution in [1.82, 2.24) is 19.5 Å². The summed E-state index contributed by atoms with van der Waals surface area (Å²) >= 11 is 0. The molecular formula is C29H34N4O. The number of pyridine rings is 1. The molecule has 0 spiro atoms. The number of hydrogen-bond donors (Lipinski definition) is 0. The number of likely N-dealkylation sites (tertiary alicyclic amines) is 1. The van der Waals surface area contributed by atoms with Crippen molar-refractivity contribution in [2.45, 2.75) is 52.1 Å². The van der Waals surface area contributed by atoms with Crippen LogP contribution in [0.15, 0.2) is 66.7 Å². The summed E-state index contributed by atoms with van der Waals surface area (Å²) in [6, 6.07) is 23.3. The Morgan fingerprint density at radius 2 is 1.68 bits per heavy atom. The van der Waals surface area contributed by atoms with E-state index < -0.39 is 0 Å². The summed E-state index contributed by atoms with van der Waals surface area (Å²) in [7, 11) is 0. The molecule has 176 valence electrons. The van der Waals surface area contributed by atoms with Gasteiger partial charge in [0.2, 0.25) is 0 Å². The lowest BCUT2D eigenvalue weighted by Gasteiger charge is -2.13. The highest BCUT2D eigenvalue weighted by Crippen LogP contribution is 2.25. The van der Waals surface area contributed by atoms with Gasteiger partial charge in [0, 0.05) is 12.0 Å². The van der Waals surface area contributed by atoms with Crippen molar-refractivity contribution < 1.29 is 4.74 Å². The van der Waals surface area contributed by atoms with Crippen molar-refractivity contribution in [2.24, 2.45) is 0 Å². The molecule has 0 bridgehead atoms. The zero-order valence-electron chi connectivity index (χ0n) is 20.3. The second kappa shape index (κ2) is 10.4. The minimum Gasteiger partial charge on any atom is -0.491 e. The summed E-state index contributed by atoms with van der Waals surface area (Å²) in [5.74, 6) is 1.70. The van der Waals surface area contributed by atoms with E-state index in [1.165, 1.54) is 50.0 Å². The zero-order valence-corrected chi connectivity index (χ0v) is 20.3. The average molecular weight is 455 g/mol. The van der Waals surface area contributed by atoms with E-state index in [2.05, 4.69) is 47.4 Å². The van der Waals surface area contributed by atoms with Gasteiger partial charge in [-0.2, -0.15) is 5.10 Å². The van der Waals surface area contributed by atoms with E-state index in [0.29, 0.717) is 0 Å². The van der Waals surface area contributed by atoms with Crippen LogP contribution in [-0.2, 0) is 12.8 Å². The standard InChI is InChI=1S/C29H34N4O/c1-22(2)34-26-10-5-9-25(21-26)27-11-6-12-29-30-28(31-33(27)29)20-24-15-13-23(14-16-24)8-7-19-32-17-3-4-18-32/h5-6,9-16,21-22H,3-4,7-8,17-20H2,1-2H3. The van der Waals surface area contributed by atoms with Gasteiger partial charge in [0.25, 0.3) is 0 Å². The third kappa shape index (κ3) is 5.48. The Kier molecular flexibility index (Phi) is 6.91. The first-order valence-corrected chi connectivity index (χ1v) is 12.6. The van der Waals surface area contributed by atoms with E-state index in [4.69, 9.17) is 14.8 Å². The second-order valence-electron chi connectivity index (χ2n) is 9.55. The fourth-order valence-electron chi connectivity index (χ4n) is 4.76. The van der Waals surface area contributed by atoms with Gasteiger partial charge in [-0.3, -0.25) is 0 Å². The van der Waals surface area contributed by atoms with E-state index in [1.54, 1.807) is 0 Å². The van der Waals surface area contributed by atoms with E-state index in [9.17, 15) is 0 Å². The van der Waals surface area contributed by atoms with Crippen LogP contribution in [-0.4, -0.2) is 45.2 Å². The molecule has 0 aliphatic carbocycles. The van der Waals surface area contributed by atoms with Crippen LogP contribution in [0.1, 0.15) is 50.1 Å². The van der Waals surface area contributed by atoms with E-state index >= 15 is 0 Å². The monoisotopic (exact) mass is 454 g/mol. The maximum atomic E-state index is 5.88. The van der Waals surface area contributed by atoms with E-state index in [0.717, 1.165) is 41.3 Å². The van der Waals surface area contributed by atoms with Crippen LogP contribution in [0.5, 0.6) is 5.75 Å². The van der Waals surface area contributed by atoms with Crippen molar-refractivity contribution >= 4 is 5.65 Å². The first-order valence-electron chi connectivity index (χ1n) is 12.6. The molecule has 0 radical (unpaired) electrons. The molecule has 5 rings (SSSR count). The van der Waals surface area contributed by atoms with Gasteiger partial charge in [0.05, 0.1) is 11.8 Å². The third-order valence-corrected chi connectivity index (χ3v) is 6.43. The molecule has 0 saturated carbocycles. The molecule has 0 amide bonds.